The molecule has 0 aromatic rings. The third-order valence-electron chi connectivity index (χ3n) is 11.6. The van der Waals surface area contributed by atoms with Crippen molar-refractivity contribution in [1.29, 1.82) is 0 Å². The molecular formula is C34H55ClN2O5. The summed E-state index contributed by atoms with van der Waals surface area (Å²) in [5.41, 5.74) is 2.27. The van der Waals surface area contributed by atoms with Crippen molar-refractivity contribution in [3.63, 3.8) is 0 Å². The minimum atomic E-state index is -0.508. The SMILES string of the molecule is CC(C)CCCC[C@H]1CCC2C3CC=C4CC(OC(=O)NCCNC(=O)CCC(=O)OCCl)CCC4(C)C3CCC21C. The molecule has 0 spiro atoms. The highest BCUT2D eigenvalue weighted by atomic mass is 35.5. The standard InChI is InChI=1S/C34H55ClN2O5/c1-23(2)7-5-6-8-24-10-12-28-27-11-9-25-21-26(15-17-34(25,4)29(27)16-18-33(24,28)3)42-32(40)37-20-19-36-30(38)13-14-31(39)41-22-35/h9,23-24,26-29H,5-8,10-22H2,1-4H3,(H,36,38)(H,37,40)/t24-,26?,27?,28?,29?,33?,34?/m0/s1. The number of unbranched alkanes of at least 4 members (excludes halogenated alkanes) is 1. The zero-order chi connectivity index (χ0) is 30.3. The Morgan fingerprint density at radius 2 is 1.79 bits per heavy atom. The maximum Gasteiger partial charge on any atom is 0.407 e. The second-order valence-electron chi connectivity index (χ2n) is 14.4. The van der Waals surface area contributed by atoms with Gasteiger partial charge in [0.05, 0.1) is 6.42 Å². The van der Waals surface area contributed by atoms with E-state index in [4.69, 9.17) is 16.3 Å². The van der Waals surface area contributed by atoms with Gasteiger partial charge in [0.2, 0.25) is 5.91 Å². The van der Waals surface area contributed by atoms with E-state index in [2.05, 4.69) is 49.1 Å². The molecule has 0 aromatic carbocycles. The van der Waals surface area contributed by atoms with Crippen LogP contribution in [0.5, 0.6) is 0 Å². The van der Waals surface area contributed by atoms with Gasteiger partial charge in [0.25, 0.3) is 0 Å². The minimum Gasteiger partial charge on any atom is -0.449 e. The molecule has 0 radical (unpaired) electrons. The third-order valence-corrected chi connectivity index (χ3v) is 11.7. The maximum absolute atomic E-state index is 12.5. The van der Waals surface area contributed by atoms with Crippen LogP contribution in [0, 0.1) is 40.4 Å². The fourth-order valence-corrected chi connectivity index (χ4v) is 9.37. The van der Waals surface area contributed by atoms with Gasteiger partial charge in [0, 0.05) is 25.9 Å². The molecule has 2 N–H and O–H groups in total. The molecule has 4 aliphatic rings. The highest BCUT2D eigenvalue weighted by Gasteiger charge is 2.58. The molecule has 4 aliphatic carbocycles. The lowest BCUT2D eigenvalue weighted by molar-refractivity contribution is -0.143. The van der Waals surface area contributed by atoms with E-state index in [0.717, 1.165) is 48.9 Å². The van der Waals surface area contributed by atoms with Crippen LogP contribution in [0.4, 0.5) is 4.79 Å². The molecule has 238 valence electrons. The first kappa shape index (κ1) is 33.1. The average molecular weight is 607 g/mol. The van der Waals surface area contributed by atoms with Gasteiger partial charge in [-0.1, -0.05) is 70.2 Å². The first-order valence-electron chi connectivity index (χ1n) is 16.7. The van der Waals surface area contributed by atoms with Crippen molar-refractivity contribution in [2.24, 2.45) is 40.4 Å². The van der Waals surface area contributed by atoms with Crippen LogP contribution < -0.4 is 10.6 Å². The lowest BCUT2D eigenvalue weighted by Gasteiger charge is -2.58. The Labute approximate surface area is 258 Å². The molecular weight excluding hydrogens is 552 g/mol. The summed E-state index contributed by atoms with van der Waals surface area (Å²) in [6, 6.07) is -0.218. The Hall–Kier alpha value is -1.76. The van der Waals surface area contributed by atoms with Gasteiger partial charge in [-0.2, -0.15) is 0 Å². The van der Waals surface area contributed by atoms with E-state index in [-0.39, 0.29) is 49.4 Å². The van der Waals surface area contributed by atoms with E-state index in [0.29, 0.717) is 5.41 Å². The lowest BCUT2D eigenvalue weighted by Crippen LogP contribution is -2.50. The number of hydrogen-bond acceptors (Lipinski definition) is 5. The quantitative estimate of drug-likeness (QED) is 0.0979. The molecule has 3 saturated carbocycles. The Bertz CT molecular complexity index is 985. The van der Waals surface area contributed by atoms with Crippen LogP contribution in [0.25, 0.3) is 0 Å². The van der Waals surface area contributed by atoms with Crippen molar-refractivity contribution in [3.8, 4) is 0 Å². The second kappa shape index (κ2) is 14.8. The third kappa shape index (κ3) is 7.84. The van der Waals surface area contributed by atoms with Crippen molar-refractivity contribution < 1.29 is 23.9 Å². The first-order valence-corrected chi connectivity index (χ1v) is 17.2. The average Bonchev–Trinajstić information content (AvgIpc) is 3.28. The number of alkyl carbamates (subject to hydrolysis) is 1. The molecule has 0 aliphatic heterocycles. The molecule has 7 atom stereocenters. The molecule has 0 heterocycles. The number of carbonyl (C=O) groups is 3. The Morgan fingerprint density at radius 1 is 1.00 bits per heavy atom. The monoisotopic (exact) mass is 606 g/mol. The van der Waals surface area contributed by atoms with E-state index in [1.807, 2.05) is 0 Å². The van der Waals surface area contributed by atoms with Crippen LogP contribution in [-0.2, 0) is 19.1 Å². The number of alkyl halides is 1. The number of amides is 2. The van der Waals surface area contributed by atoms with Crippen molar-refractivity contribution >= 4 is 29.6 Å². The highest BCUT2D eigenvalue weighted by Crippen LogP contribution is 2.66. The van der Waals surface area contributed by atoms with Crippen LogP contribution in [0.2, 0.25) is 0 Å². The molecule has 0 aromatic heterocycles. The Kier molecular flexibility index (Phi) is 11.7. The van der Waals surface area contributed by atoms with Crippen molar-refractivity contribution in [3.05, 3.63) is 11.6 Å². The molecule has 2 amide bonds. The number of halogens is 1. The summed E-state index contributed by atoms with van der Waals surface area (Å²) in [7, 11) is 0. The first-order chi connectivity index (χ1) is 20.1. The van der Waals surface area contributed by atoms with E-state index in [1.165, 1.54) is 63.4 Å². The zero-order valence-corrected chi connectivity index (χ0v) is 27.2. The van der Waals surface area contributed by atoms with Gasteiger partial charge < -0.3 is 20.1 Å². The number of ether oxygens (including phenoxy) is 2. The Balaban J connectivity index is 1.22. The van der Waals surface area contributed by atoms with Crippen molar-refractivity contribution in [1.82, 2.24) is 10.6 Å². The summed E-state index contributed by atoms with van der Waals surface area (Å²) in [6.45, 7) is 10.4. The summed E-state index contributed by atoms with van der Waals surface area (Å²) >= 11 is 5.33. The smallest absolute Gasteiger partial charge is 0.407 e. The largest absolute Gasteiger partial charge is 0.449 e. The predicted molar refractivity (Wildman–Crippen MR) is 166 cm³/mol. The van der Waals surface area contributed by atoms with Crippen LogP contribution in [0.15, 0.2) is 11.6 Å². The number of nitrogens with one attached hydrogen (secondary N) is 2. The Morgan fingerprint density at radius 3 is 2.55 bits per heavy atom. The number of rotatable bonds is 13. The maximum atomic E-state index is 12.5. The van der Waals surface area contributed by atoms with Crippen LogP contribution in [0.3, 0.4) is 0 Å². The van der Waals surface area contributed by atoms with E-state index < -0.39 is 12.1 Å². The van der Waals surface area contributed by atoms with Gasteiger partial charge in [-0.25, -0.2) is 4.79 Å². The number of allylic oxidation sites excluding steroid dienone is 1. The number of esters is 1. The van der Waals surface area contributed by atoms with Crippen LogP contribution in [0.1, 0.15) is 118 Å². The van der Waals surface area contributed by atoms with Crippen molar-refractivity contribution in [2.45, 2.75) is 124 Å². The lowest BCUT2D eigenvalue weighted by atomic mass is 9.47. The van der Waals surface area contributed by atoms with Gasteiger partial charge in [-0.05, 0) is 91.8 Å². The highest BCUT2D eigenvalue weighted by molar-refractivity contribution is 6.17. The normalized spacial score (nSPS) is 33.6. The predicted octanol–water partition coefficient (Wildman–Crippen LogP) is 7.51. The molecule has 7 nitrogen and oxygen atoms in total. The van der Waals surface area contributed by atoms with Gasteiger partial charge in [-0.3, -0.25) is 9.59 Å². The number of hydrogen-bond donors (Lipinski definition) is 2. The zero-order valence-electron chi connectivity index (χ0n) is 26.5. The summed E-state index contributed by atoms with van der Waals surface area (Å²) in [6.07, 6.45) is 17.2. The second-order valence-corrected chi connectivity index (χ2v) is 14.6. The van der Waals surface area contributed by atoms with Gasteiger partial charge >= 0.3 is 12.1 Å². The summed E-state index contributed by atoms with van der Waals surface area (Å²) in [4.78, 5) is 35.6. The topological polar surface area (TPSA) is 93.7 Å². The summed E-state index contributed by atoms with van der Waals surface area (Å²) in [5, 5.41) is 5.44. The van der Waals surface area contributed by atoms with Crippen LogP contribution in [-0.4, -0.2) is 43.2 Å². The van der Waals surface area contributed by atoms with Gasteiger partial charge in [0.1, 0.15) is 6.10 Å². The molecule has 8 heteroatoms. The van der Waals surface area contributed by atoms with Crippen molar-refractivity contribution in [2.75, 3.05) is 19.2 Å². The van der Waals surface area contributed by atoms with E-state index >= 15 is 0 Å². The minimum absolute atomic E-state index is 0.0227. The van der Waals surface area contributed by atoms with E-state index in [9.17, 15) is 14.4 Å². The number of carbonyl (C=O) groups excluding carboxylic acids is 3. The summed E-state index contributed by atoms with van der Waals surface area (Å²) < 4.78 is 10.4. The van der Waals surface area contributed by atoms with Crippen LogP contribution >= 0.6 is 11.6 Å². The molecule has 3 fully saturated rings. The van der Waals surface area contributed by atoms with Gasteiger partial charge in [0.15, 0.2) is 6.07 Å². The molecule has 4 rings (SSSR count). The number of fused-ring (bicyclic) bond motifs is 5. The molecule has 0 saturated heterocycles. The van der Waals surface area contributed by atoms with E-state index in [1.54, 1.807) is 0 Å². The summed E-state index contributed by atoms with van der Waals surface area (Å²) in [5.74, 6) is 3.36. The fourth-order valence-electron chi connectivity index (χ4n) is 9.25. The molecule has 42 heavy (non-hydrogen) atoms. The van der Waals surface area contributed by atoms with Gasteiger partial charge in [-0.15, -0.1) is 0 Å². The fraction of sp³-hybridized carbons (Fsp3) is 0.853. The molecule has 0 bridgehead atoms. The molecule has 6 unspecified atom stereocenters.